The van der Waals surface area contributed by atoms with Crippen LogP contribution < -0.4 is 5.32 Å². The fraction of sp³-hybridized carbons (Fsp3) is 0.643. The number of carbonyl (C=O) groups is 1. The van der Waals surface area contributed by atoms with E-state index in [1.807, 2.05) is 27.1 Å². The summed E-state index contributed by atoms with van der Waals surface area (Å²) >= 11 is 0. The molecule has 102 valence electrons. The molecule has 0 aliphatic rings. The molecule has 1 N–H and O–H groups in total. The molecule has 0 aliphatic carbocycles. The monoisotopic (exact) mass is 252 g/mol. The number of carbonyl (C=O) groups excluding carboxylic acids is 1. The molecule has 0 unspecified atom stereocenters. The van der Waals surface area contributed by atoms with E-state index in [4.69, 9.17) is 4.42 Å². The molecule has 0 atom stereocenters. The van der Waals surface area contributed by atoms with Crippen LogP contribution in [0.5, 0.6) is 0 Å². The molecule has 1 aromatic heterocycles. The first-order chi connectivity index (χ1) is 8.34. The third-order valence-corrected chi connectivity index (χ3v) is 2.71. The molecule has 4 heteroatoms. The zero-order chi connectivity index (χ0) is 13.8. The van der Waals surface area contributed by atoms with Crippen molar-refractivity contribution in [2.75, 3.05) is 27.2 Å². The summed E-state index contributed by atoms with van der Waals surface area (Å²) in [5.74, 6) is 1.10. The summed E-state index contributed by atoms with van der Waals surface area (Å²) in [4.78, 5) is 14.0. The Labute approximate surface area is 109 Å². The largest absolute Gasteiger partial charge is 0.456 e. The van der Waals surface area contributed by atoms with Gasteiger partial charge in [-0.2, -0.15) is 0 Å². The van der Waals surface area contributed by atoms with Gasteiger partial charge in [-0.15, -0.1) is 0 Å². The lowest BCUT2D eigenvalue weighted by molar-refractivity contribution is 0.0900. The minimum atomic E-state index is -0.137. The number of nitrogens with zero attached hydrogens (tertiary/aromatic N) is 1. The SMILES string of the molecule is CCc1ccc(C(=O)NCC(C)(C)CN(C)C)o1. The predicted octanol–water partition coefficient (Wildman–Crippen LogP) is 2.16. The molecule has 0 radical (unpaired) electrons. The minimum Gasteiger partial charge on any atom is -0.456 e. The second-order valence-corrected chi connectivity index (χ2v) is 5.70. The van der Waals surface area contributed by atoms with Crippen molar-refractivity contribution < 1.29 is 9.21 Å². The molecule has 4 nitrogen and oxygen atoms in total. The van der Waals surface area contributed by atoms with Crippen molar-refractivity contribution in [2.45, 2.75) is 27.2 Å². The minimum absolute atomic E-state index is 0.0410. The lowest BCUT2D eigenvalue weighted by Crippen LogP contribution is -2.39. The van der Waals surface area contributed by atoms with Crippen LogP contribution in [-0.2, 0) is 6.42 Å². The molecule has 0 fully saturated rings. The van der Waals surface area contributed by atoms with Crippen LogP contribution in [-0.4, -0.2) is 38.0 Å². The molecule has 1 rings (SSSR count). The molecular formula is C14H24N2O2. The van der Waals surface area contributed by atoms with Gasteiger partial charge in [0.1, 0.15) is 5.76 Å². The smallest absolute Gasteiger partial charge is 0.287 e. The lowest BCUT2D eigenvalue weighted by Gasteiger charge is -2.28. The van der Waals surface area contributed by atoms with Gasteiger partial charge in [0.05, 0.1) is 0 Å². The van der Waals surface area contributed by atoms with Gasteiger partial charge in [0.15, 0.2) is 5.76 Å². The van der Waals surface area contributed by atoms with E-state index in [2.05, 4.69) is 24.1 Å². The van der Waals surface area contributed by atoms with Gasteiger partial charge >= 0.3 is 0 Å². The van der Waals surface area contributed by atoms with Gasteiger partial charge in [-0.3, -0.25) is 4.79 Å². The van der Waals surface area contributed by atoms with E-state index in [9.17, 15) is 4.79 Å². The zero-order valence-corrected chi connectivity index (χ0v) is 12.0. The van der Waals surface area contributed by atoms with Crippen LogP contribution in [0.25, 0.3) is 0 Å². The zero-order valence-electron chi connectivity index (χ0n) is 12.0. The standard InChI is InChI=1S/C14H24N2O2/c1-6-11-7-8-12(18-11)13(17)15-9-14(2,3)10-16(4)5/h7-8H,6,9-10H2,1-5H3,(H,15,17). The van der Waals surface area contributed by atoms with Gasteiger partial charge in [0.2, 0.25) is 0 Å². The lowest BCUT2D eigenvalue weighted by atomic mass is 9.93. The quantitative estimate of drug-likeness (QED) is 0.844. The molecule has 0 aliphatic heterocycles. The summed E-state index contributed by atoms with van der Waals surface area (Å²) in [6.45, 7) is 7.82. The number of hydrogen-bond donors (Lipinski definition) is 1. The van der Waals surface area contributed by atoms with Crippen molar-refractivity contribution in [2.24, 2.45) is 5.41 Å². The van der Waals surface area contributed by atoms with Crippen molar-refractivity contribution in [1.29, 1.82) is 0 Å². The average molecular weight is 252 g/mol. The number of aryl methyl sites for hydroxylation is 1. The van der Waals surface area contributed by atoms with Crippen LogP contribution in [0.15, 0.2) is 16.5 Å². The van der Waals surface area contributed by atoms with E-state index in [1.165, 1.54) is 0 Å². The summed E-state index contributed by atoms with van der Waals surface area (Å²) in [7, 11) is 4.06. The van der Waals surface area contributed by atoms with Crippen molar-refractivity contribution in [3.8, 4) is 0 Å². The molecule has 18 heavy (non-hydrogen) atoms. The molecule has 0 saturated carbocycles. The van der Waals surface area contributed by atoms with Gasteiger partial charge in [-0.25, -0.2) is 0 Å². The Morgan fingerprint density at radius 2 is 2.06 bits per heavy atom. The highest BCUT2D eigenvalue weighted by Gasteiger charge is 2.21. The second-order valence-electron chi connectivity index (χ2n) is 5.70. The average Bonchev–Trinajstić information content (AvgIpc) is 2.72. The maximum atomic E-state index is 11.9. The third kappa shape index (κ3) is 4.53. The van der Waals surface area contributed by atoms with Gasteiger partial charge in [0.25, 0.3) is 5.91 Å². The molecule has 0 bridgehead atoms. The van der Waals surface area contributed by atoms with Crippen LogP contribution >= 0.6 is 0 Å². The fourth-order valence-electron chi connectivity index (χ4n) is 2.01. The normalized spacial score (nSPS) is 11.9. The Kier molecular flexibility index (Phi) is 4.96. The van der Waals surface area contributed by atoms with Gasteiger partial charge in [0, 0.05) is 19.5 Å². The summed E-state index contributed by atoms with van der Waals surface area (Å²) in [6.07, 6.45) is 0.805. The highest BCUT2D eigenvalue weighted by molar-refractivity contribution is 5.91. The van der Waals surface area contributed by atoms with Gasteiger partial charge in [-0.1, -0.05) is 20.8 Å². The van der Waals surface area contributed by atoms with E-state index in [0.717, 1.165) is 18.7 Å². The summed E-state index contributed by atoms with van der Waals surface area (Å²) in [6, 6.07) is 3.58. The van der Waals surface area contributed by atoms with Crippen LogP contribution in [0.3, 0.4) is 0 Å². The first-order valence-electron chi connectivity index (χ1n) is 6.36. The van der Waals surface area contributed by atoms with Crippen LogP contribution in [0.2, 0.25) is 0 Å². The molecule has 0 spiro atoms. The Bertz CT molecular complexity index is 394. The van der Waals surface area contributed by atoms with Crippen molar-refractivity contribution in [3.05, 3.63) is 23.7 Å². The Balaban J connectivity index is 2.50. The molecule has 1 aromatic rings. The maximum Gasteiger partial charge on any atom is 0.287 e. The maximum absolute atomic E-state index is 11.9. The number of nitrogens with one attached hydrogen (secondary N) is 1. The topological polar surface area (TPSA) is 45.5 Å². The molecule has 1 heterocycles. The highest BCUT2D eigenvalue weighted by atomic mass is 16.3. The van der Waals surface area contributed by atoms with Crippen LogP contribution in [0.4, 0.5) is 0 Å². The predicted molar refractivity (Wildman–Crippen MR) is 72.8 cm³/mol. The van der Waals surface area contributed by atoms with Crippen LogP contribution in [0, 0.1) is 5.41 Å². The van der Waals surface area contributed by atoms with Gasteiger partial charge in [-0.05, 0) is 31.6 Å². The van der Waals surface area contributed by atoms with Crippen LogP contribution in [0.1, 0.15) is 37.1 Å². The van der Waals surface area contributed by atoms with E-state index >= 15 is 0 Å². The fourth-order valence-corrected chi connectivity index (χ4v) is 2.01. The number of hydrogen-bond acceptors (Lipinski definition) is 3. The van der Waals surface area contributed by atoms with Crippen molar-refractivity contribution in [1.82, 2.24) is 10.2 Å². The molecule has 0 aromatic carbocycles. The second kappa shape index (κ2) is 6.05. The first-order valence-corrected chi connectivity index (χ1v) is 6.36. The molecule has 0 saturated heterocycles. The van der Waals surface area contributed by atoms with Gasteiger partial charge < -0.3 is 14.6 Å². The number of furan rings is 1. The first kappa shape index (κ1) is 14.8. The van der Waals surface area contributed by atoms with Crippen molar-refractivity contribution >= 4 is 5.91 Å². The Hall–Kier alpha value is -1.29. The van der Waals surface area contributed by atoms with E-state index < -0.39 is 0 Å². The van der Waals surface area contributed by atoms with E-state index in [1.54, 1.807) is 6.07 Å². The molecular weight excluding hydrogens is 228 g/mol. The number of rotatable bonds is 6. The summed E-state index contributed by atoms with van der Waals surface area (Å²) in [5.41, 5.74) is 0.0410. The molecule has 1 amide bonds. The van der Waals surface area contributed by atoms with E-state index in [-0.39, 0.29) is 11.3 Å². The summed E-state index contributed by atoms with van der Waals surface area (Å²) in [5, 5.41) is 2.92. The van der Waals surface area contributed by atoms with Crippen molar-refractivity contribution in [3.63, 3.8) is 0 Å². The highest BCUT2D eigenvalue weighted by Crippen LogP contribution is 2.15. The Morgan fingerprint density at radius 3 is 2.56 bits per heavy atom. The number of amides is 1. The van der Waals surface area contributed by atoms with E-state index in [0.29, 0.717) is 12.3 Å². The third-order valence-electron chi connectivity index (χ3n) is 2.71. The Morgan fingerprint density at radius 1 is 1.39 bits per heavy atom. The summed E-state index contributed by atoms with van der Waals surface area (Å²) < 4.78 is 5.42.